The van der Waals surface area contributed by atoms with Crippen molar-refractivity contribution in [3.63, 3.8) is 0 Å². The summed E-state index contributed by atoms with van der Waals surface area (Å²) in [5.74, 6) is 0. The van der Waals surface area contributed by atoms with Crippen LogP contribution >= 0.6 is 19.1 Å². The summed E-state index contributed by atoms with van der Waals surface area (Å²) in [6.07, 6.45) is 0. The third kappa shape index (κ3) is 210. The monoisotopic (exact) mass is 214 g/mol. The van der Waals surface area contributed by atoms with Gasteiger partial charge in [0.2, 0.25) is 0 Å². The van der Waals surface area contributed by atoms with Crippen molar-refractivity contribution in [2.24, 2.45) is 0 Å². The van der Waals surface area contributed by atoms with Gasteiger partial charge >= 0.3 is 36.3 Å². The number of halogens is 5. The predicted octanol–water partition coefficient (Wildman–Crippen LogP) is 2.19. The van der Waals surface area contributed by atoms with Gasteiger partial charge in [-0.15, -0.1) is 0 Å². The summed E-state index contributed by atoms with van der Waals surface area (Å²) in [5.41, 5.74) is 3.12. The zero-order chi connectivity index (χ0) is 5.45. The molecule has 6 heteroatoms. The van der Waals surface area contributed by atoms with E-state index in [2.05, 4.69) is 5.70 Å². The third-order valence-electron chi connectivity index (χ3n) is 0. The van der Waals surface area contributed by atoms with Crippen molar-refractivity contribution in [1.82, 2.24) is 0 Å². The standard InChI is InChI=1S/BF4I/c1-6(2,3,4)5. The van der Waals surface area contributed by atoms with E-state index >= 15 is 0 Å². The Bertz CT molecular complexity index is 40.7. The number of hydrogen-bond acceptors (Lipinski definition) is 0. The van der Waals surface area contributed by atoms with Gasteiger partial charge in [0.15, 0.2) is 0 Å². The Balaban J connectivity index is 3.73. The van der Waals surface area contributed by atoms with Gasteiger partial charge in [0, 0.05) is 0 Å². The van der Waals surface area contributed by atoms with Gasteiger partial charge in [-0.05, 0) is 0 Å². The summed E-state index contributed by atoms with van der Waals surface area (Å²) in [4.78, 5) is 0. The summed E-state index contributed by atoms with van der Waals surface area (Å²) in [6.45, 7) is 0. The fraction of sp³-hybridized carbons (Fsp3) is 0. The zero-order valence-electron chi connectivity index (χ0n) is 2.47. The first-order valence-electron chi connectivity index (χ1n) is 0.790. The van der Waals surface area contributed by atoms with Gasteiger partial charge in [0.25, 0.3) is 0 Å². The molecule has 2 radical (unpaired) electrons. The molecule has 0 aliphatic rings. The average Bonchev–Trinajstić information content (AvgIpc) is 0.650. The van der Waals surface area contributed by atoms with Crippen LogP contribution in [-0.2, 0) is 0 Å². The van der Waals surface area contributed by atoms with E-state index in [1.807, 2.05) is 0 Å². The van der Waals surface area contributed by atoms with E-state index in [-0.39, 0.29) is 0 Å². The minimum absolute atomic E-state index is 3.12. The van der Waals surface area contributed by atoms with Crippen LogP contribution in [0, 0.1) is 0 Å². The first kappa shape index (κ1) is 6.51. The molecule has 0 fully saturated rings. The fourth-order valence-electron chi connectivity index (χ4n) is 0. The molecule has 0 saturated carbocycles. The summed E-state index contributed by atoms with van der Waals surface area (Å²) in [6, 6.07) is 0. The molecule has 0 spiro atoms. The molecule has 0 amide bonds. The Hall–Kier alpha value is 0.515. The van der Waals surface area contributed by atoms with Gasteiger partial charge in [0.1, 0.15) is 0 Å². The summed E-state index contributed by atoms with van der Waals surface area (Å²) >= 11 is -8.05. The van der Waals surface area contributed by atoms with Crippen LogP contribution in [0.2, 0.25) is 0 Å². The average molecular weight is 214 g/mol. The summed E-state index contributed by atoms with van der Waals surface area (Å²) in [7, 11) is 0. The van der Waals surface area contributed by atoms with Crippen LogP contribution in [0.1, 0.15) is 0 Å². The van der Waals surface area contributed by atoms with Crippen molar-refractivity contribution in [3.8, 4) is 0 Å². The van der Waals surface area contributed by atoms with Crippen LogP contribution in [0.5, 0.6) is 0 Å². The molecule has 0 heterocycles. The fourth-order valence-corrected chi connectivity index (χ4v) is 0. The molecule has 0 aromatic heterocycles. The second-order valence-electron chi connectivity index (χ2n) is 0.654. The normalized spacial score (nSPS) is 19.0. The first-order valence-corrected chi connectivity index (χ1v) is 5.30. The second kappa shape index (κ2) is 1.02. The molecular formula is BF4I. The van der Waals surface area contributed by atoms with Crippen molar-refractivity contribution in [2.45, 2.75) is 0 Å². The van der Waals surface area contributed by atoms with Crippen molar-refractivity contribution >= 4 is 24.8 Å². The van der Waals surface area contributed by atoms with Crippen LogP contribution in [0.25, 0.3) is 0 Å². The molecule has 0 aliphatic carbocycles. The molecular weight excluding hydrogens is 214 g/mol. The van der Waals surface area contributed by atoms with Crippen LogP contribution in [0.4, 0.5) is 11.4 Å². The Morgan fingerprint density at radius 2 is 1.00 bits per heavy atom. The van der Waals surface area contributed by atoms with Crippen molar-refractivity contribution < 1.29 is 11.4 Å². The van der Waals surface area contributed by atoms with E-state index < -0.39 is 19.1 Å². The number of rotatable bonds is 0. The summed E-state index contributed by atoms with van der Waals surface area (Å²) < 4.78 is 41.4. The van der Waals surface area contributed by atoms with Gasteiger partial charge in [-0.1, -0.05) is 0 Å². The molecule has 0 aromatic carbocycles. The van der Waals surface area contributed by atoms with Crippen LogP contribution in [0.15, 0.2) is 0 Å². The van der Waals surface area contributed by atoms with Gasteiger partial charge in [-0.25, -0.2) is 0 Å². The van der Waals surface area contributed by atoms with Crippen molar-refractivity contribution in [3.05, 3.63) is 0 Å². The minimum atomic E-state index is -8.05. The van der Waals surface area contributed by atoms with Gasteiger partial charge < -0.3 is 0 Å². The molecule has 0 saturated heterocycles. The Morgan fingerprint density at radius 1 is 1.00 bits per heavy atom. The molecule has 0 N–H and O–H groups in total. The Labute approximate surface area is 36.8 Å². The molecule has 0 rings (SSSR count). The van der Waals surface area contributed by atoms with E-state index in [0.29, 0.717) is 0 Å². The SMILES string of the molecule is [B]I(F)(F)(F)F. The molecule has 0 aliphatic heterocycles. The predicted molar refractivity (Wildman–Crippen MR) is 24.2 cm³/mol. The molecule has 0 unspecified atom stereocenters. The summed E-state index contributed by atoms with van der Waals surface area (Å²) in [5, 5.41) is 0. The maximum atomic E-state index is 10.3. The van der Waals surface area contributed by atoms with Crippen LogP contribution in [0.3, 0.4) is 0 Å². The topological polar surface area (TPSA) is 0 Å². The van der Waals surface area contributed by atoms with E-state index in [0.717, 1.165) is 0 Å². The first-order chi connectivity index (χ1) is 2.24. The zero-order valence-corrected chi connectivity index (χ0v) is 4.62. The van der Waals surface area contributed by atoms with Gasteiger partial charge in [0.05, 0.1) is 0 Å². The molecule has 0 atom stereocenters. The quantitative estimate of drug-likeness (QED) is 0.329. The molecule has 0 bridgehead atoms. The van der Waals surface area contributed by atoms with Crippen LogP contribution < -0.4 is 0 Å². The van der Waals surface area contributed by atoms with Gasteiger partial charge in [-0.3, -0.25) is 0 Å². The third-order valence-corrected chi connectivity index (χ3v) is 0. The van der Waals surface area contributed by atoms with Crippen LogP contribution in [-0.4, -0.2) is 5.70 Å². The molecule has 0 aromatic rings. The Morgan fingerprint density at radius 3 is 1.00 bits per heavy atom. The van der Waals surface area contributed by atoms with Gasteiger partial charge in [-0.2, -0.15) is 0 Å². The van der Waals surface area contributed by atoms with E-state index in [1.165, 1.54) is 0 Å². The van der Waals surface area contributed by atoms with E-state index in [4.69, 9.17) is 0 Å². The molecule has 6 heavy (non-hydrogen) atoms. The number of hydrogen-bond donors (Lipinski definition) is 0. The molecule has 38 valence electrons. The van der Waals surface area contributed by atoms with Crippen molar-refractivity contribution in [1.29, 1.82) is 0 Å². The Kier molecular flexibility index (Phi) is 1.10. The van der Waals surface area contributed by atoms with Crippen molar-refractivity contribution in [2.75, 3.05) is 0 Å². The van der Waals surface area contributed by atoms with E-state index in [9.17, 15) is 11.4 Å². The molecule has 0 nitrogen and oxygen atoms in total. The van der Waals surface area contributed by atoms with E-state index in [1.54, 1.807) is 0 Å². The second-order valence-corrected chi connectivity index (χ2v) is 4.39. The maximum absolute atomic E-state index is 10.3.